The molecule has 0 bridgehead atoms. The van der Waals surface area contributed by atoms with Gasteiger partial charge in [0.1, 0.15) is 5.54 Å². The Hall–Kier alpha value is -1.85. The summed E-state index contributed by atoms with van der Waals surface area (Å²) >= 11 is 0. The van der Waals surface area contributed by atoms with E-state index in [-0.39, 0.29) is 11.9 Å². The van der Waals surface area contributed by atoms with E-state index in [9.17, 15) is 14.7 Å². The van der Waals surface area contributed by atoms with E-state index in [4.69, 9.17) is 0 Å². The highest BCUT2D eigenvalue weighted by molar-refractivity contribution is 5.98. The molecule has 23 heavy (non-hydrogen) atoms. The Morgan fingerprint density at radius 1 is 1.30 bits per heavy atom. The summed E-state index contributed by atoms with van der Waals surface area (Å²) in [7, 11) is 0. The lowest BCUT2D eigenvalue weighted by molar-refractivity contribution is -0.145. The molecule has 0 aromatic carbocycles. The van der Waals surface area contributed by atoms with Crippen molar-refractivity contribution in [3.63, 3.8) is 0 Å². The van der Waals surface area contributed by atoms with Crippen LogP contribution in [0.4, 0.5) is 0 Å². The largest absolute Gasteiger partial charge is 0.480 e. The van der Waals surface area contributed by atoms with Gasteiger partial charge < -0.3 is 10.4 Å². The number of nitrogens with one attached hydrogen (secondary N) is 1. The highest BCUT2D eigenvalue weighted by Gasteiger charge is 2.41. The fourth-order valence-corrected chi connectivity index (χ4v) is 3.48. The van der Waals surface area contributed by atoms with Gasteiger partial charge in [0.15, 0.2) is 0 Å². The van der Waals surface area contributed by atoms with Crippen LogP contribution in [-0.2, 0) is 4.79 Å². The lowest BCUT2D eigenvalue weighted by atomic mass is 9.81. The predicted molar refractivity (Wildman–Crippen MR) is 87.5 cm³/mol. The summed E-state index contributed by atoms with van der Waals surface area (Å²) in [6, 6.07) is 0.264. The molecule has 0 atom stereocenters. The highest BCUT2D eigenvalue weighted by Crippen LogP contribution is 2.29. The number of hydrogen-bond acceptors (Lipinski definition) is 3. The summed E-state index contributed by atoms with van der Waals surface area (Å²) in [6.07, 6.45) is 7.12. The van der Waals surface area contributed by atoms with E-state index in [1.54, 1.807) is 6.20 Å². The number of carboxylic acid groups (broad SMARTS) is 1. The predicted octanol–water partition coefficient (Wildman–Crippen LogP) is 3.07. The standard InChI is InChI=1S/C17H27N3O3/c1-4-13(5-2)20-12(3)14(11-18-20)15(21)19-17(16(22)23)9-7-6-8-10-17/h11,13H,4-10H2,1-3H3,(H,19,21)(H,22,23). The molecule has 1 aromatic rings. The van der Waals surface area contributed by atoms with E-state index in [0.29, 0.717) is 18.4 Å². The minimum absolute atomic E-state index is 0.264. The van der Waals surface area contributed by atoms with Crippen LogP contribution in [-0.4, -0.2) is 32.3 Å². The third kappa shape index (κ3) is 3.41. The van der Waals surface area contributed by atoms with Crippen molar-refractivity contribution < 1.29 is 14.7 Å². The molecular weight excluding hydrogens is 294 g/mol. The van der Waals surface area contributed by atoms with Gasteiger partial charge in [-0.1, -0.05) is 33.1 Å². The van der Waals surface area contributed by atoms with Crippen molar-refractivity contribution >= 4 is 11.9 Å². The van der Waals surface area contributed by atoms with Gasteiger partial charge >= 0.3 is 5.97 Å². The van der Waals surface area contributed by atoms with Gasteiger partial charge in [-0.05, 0) is 32.6 Å². The van der Waals surface area contributed by atoms with E-state index in [0.717, 1.165) is 37.8 Å². The monoisotopic (exact) mass is 321 g/mol. The summed E-state index contributed by atoms with van der Waals surface area (Å²) in [5.41, 5.74) is 0.148. The second kappa shape index (κ2) is 7.15. The molecule has 0 radical (unpaired) electrons. The van der Waals surface area contributed by atoms with Crippen LogP contribution in [0.3, 0.4) is 0 Å². The highest BCUT2D eigenvalue weighted by atomic mass is 16.4. The zero-order valence-electron chi connectivity index (χ0n) is 14.3. The van der Waals surface area contributed by atoms with Gasteiger partial charge in [-0.15, -0.1) is 0 Å². The zero-order valence-corrected chi connectivity index (χ0v) is 14.3. The molecule has 0 aliphatic heterocycles. The quantitative estimate of drug-likeness (QED) is 0.843. The second-order valence-corrected chi connectivity index (χ2v) is 6.46. The number of carbonyl (C=O) groups is 2. The molecule has 2 rings (SSSR count). The number of carboxylic acids is 1. The molecular formula is C17H27N3O3. The molecule has 1 amide bonds. The first-order valence-corrected chi connectivity index (χ1v) is 8.55. The molecule has 0 unspecified atom stereocenters. The fourth-order valence-electron chi connectivity index (χ4n) is 3.48. The van der Waals surface area contributed by atoms with Gasteiger partial charge in [0.2, 0.25) is 0 Å². The molecule has 1 aliphatic carbocycles. The summed E-state index contributed by atoms with van der Waals surface area (Å²) in [5.74, 6) is -1.26. The molecule has 1 saturated carbocycles. The SMILES string of the molecule is CCC(CC)n1ncc(C(=O)NC2(C(=O)O)CCCCC2)c1C. The first-order valence-electron chi connectivity index (χ1n) is 8.55. The number of aromatic nitrogens is 2. The molecule has 0 spiro atoms. The van der Waals surface area contributed by atoms with Crippen molar-refractivity contribution in [1.82, 2.24) is 15.1 Å². The van der Waals surface area contributed by atoms with Gasteiger partial charge in [0, 0.05) is 5.69 Å². The van der Waals surface area contributed by atoms with Crippen LogP contribution >= 0.6 is 0 Å². The minimum atomic E-state index is -1.13. The number of amides is 1. The lowest BCUT2D eigenvalue weighted by Gasteiger charge is -2.33. The number of carbonyl (C=O) groups excluding carboxylic acids is 1. The Morgan fingerprint density at radius 3 is 2.43 bits per heavy atom. The third-order valence-electron chi connectivity index (χ3n) is 5.05. The Bertz CT molecular complexity index is 570. The number of hydrogen-bond donors (Lipinski definition) is 2. The average molecular weight is 321 g/mol. The van der Waals surface area contributed by atoms with E-state index in [1.807, 2.05) is 11.6 Å². The van der Waals surface area contributed by atoms with Gasteiger partial charge in [-0.3, -0.25) is 9.48 Å². The molecule has 1 heterocycles. The van der Waals surface area contributed by atoms with Crippen molar-refractivity contribution in [2.45, 2.75) is 77.3 Å². The number of aliphatic carboxylic acids is 1. The lowest BCUT2D eigenvalue weighted by Crippen LogP contribution is -2.55. The molecule has 6 heteroatoms. The Labute approximate surface area is 137 Å². The summed E-state index contributed by atoms with van der Waals surface area (Å²) in [4.78, 5) is 24.3. The van der Waals surface area contributed by atoms with E-state index < -0.39 is 11.5 Å². The van der Waals surface area contributed by atoms with Crippen LogP contribution in [0.1, 0.15) is 80.9 Å². The topological polar surface area (TPSA) is 84.2 Å². The first-order chi connectivity index (χ1) is 10.9. The second-order valence-electron chi connectivity index (χ2n) is 6.46. The average Bonchev–Trinajstić information content (AvgIpc) is 2.91. The molecule has 128 valence electrons. The van der Waals surface area contributed by atoms with Crippen LogP contribution in [0, 0.1) is 6.92 Å². The Kier molecular flexibility index (Phi) is 5.44. The van der Waals surface area contributed by atoms with Crippen LogP contribution < -0.4 is 5.32 Å². The van der Waals surface area contributed by atoms with Gasteiger partial charge in [-0.25, -0.2) is 4.79 Å². The Morgan fingerprint density at radius 2 is 1.91 bits per heavy atom. The maximum absolute atomic E-state index is 12.6. The number of rotatable bonds is 6. The van der Waals surface area contributed by atoms with E-state index in [1.165, 1.54) is 0 Å². The van der Waals surface area contributed by atoms with Crippen molar-refractivity contribution in [1.29, 1.82) is 0 Å². The van der Waals surface area contributed by atoms with Crippen LogP contribution in [0.25, 0.3) is 0 Å². The Balaban J connectivity index is 2.22. The number of nitrogens with zero attached hydrogens (tertiary/aromatic N) is 2. The minimum Gasteiger partial charge on any atom is -0.480 e. The molecule has 0 saturated heterocycles. The smallest absolute Gasteiger partial charge is 0.329 e. The maximum atomic E-state index is 12.6. The van der Waals surface area contributed by atoms with Crippen molar-refractivity contribution in [3.8, 4) is 0 Å². The van der Waals surface area contributed by atoms with E-state index in [2.05, 4.69) is 24.3 Å². The van der Waals surface area contributed by atoms with Gasteiger partial charge in [0.05, 0.1) is 17.8 Å². The molecule has 2 N–H and O–H groups in total. The van der Waals surface area contributed by atoms with Crippen molar-refractivity contribution in [2.75, 3.05) is 0 Å². The van der Waals surface area contributed by atoms with Crippen LogP contribution in [0.5, 0.6) is 0 Å². The normalized spacial score (nSPS) is 17.2. The molecule has 6 nitrogen and oxygen atoms in total. The molecule has 1 fully saturated rings. The third-order valence-corrected chi connectivity index (χ3v) is 5.05. The summed E-state index contributed by atoms with van der Waals surface area (Å²) in [5, 5.41) is 16.7. The van der Waals surface area contributed by atoms with Gasteiger partial charge in [0.25, 0.3) is 5.91 Å². The van der Waals surface area contributed by atoms with Crippen molar-refractivity contribution in [2.24, 2.45) is 0 Å². The van der Waals surface area contributed by atoms with E-state index >= 15 is 0 Å². The fraction of sp³-hybridized carbons (Fsp3) is 0.706. The van der Waals surface area contributed by atoms with Crippen molar-refractivity contribution in [3.05, 3.63) is 17.5 Å². The summed E-state index contributed by atoms with van der Waals surface area (Å²) < 4.78 is 1.88. The zero-order chi connectivity index (χ0) is 17.0. The van der Waals surface area contributed by atoms with Gasteiger partial charge in [-0.2, -0.15) is 5.10 Å². The molecule has 1 aliphatic rings. The van der Waals surface area contributed by atoms with Crippen LogP contribution in [0.15, 0.2) is 6.20 Å². The van der Waals surface area contributed by atoms with Crippen LogP contribution in [0.2, 0.25) is 0 Å². The maximum Gasteiger partial charge on any atom is 0.329 e. The molecule has 1 aromatic heterocycles. The summed E-state index contributed by atoms with van der Waals surface area (Å²) in [6.45, 7) is 6.06. The first kappa shape index (κ1) is 17.5.